The molecule has 0 aliphatic rings. The molecule has 0 saturated heterocycles. The third kappa shape index (κ3) is 5.96. The first-order valence-corrected chi connectivity index (χ1v) is 10.0. The maximum Gasteiger partial charge on any atom is 0.418 e. The maximum absolute atomic E-state index is 13.3. The highest BCUT2D eigenvalue weighted by Gasteiger charge is 2.33. The van der Waals surface area contributed by atoms with Gasteiger partial charge in [0.1, 0.15) is 0 Å². The summed E-state index contributed by atoms with van der Waals surface area (Å²) in [5.74, 6) is 0. The van der Waals surface area contributed by atoms with Gasteiger partial charge < -0.3 is 14.8 Å². The van der Waals surface area contributed by atoms with Crippen LogP contribution in [-0.4, -0.2) is 26.1 Å². The first kappa shape index (κ1) is 22.1. The molecule has 0 spiro atoms. The van der Waals surface area contributed by atoms with Crippen LogP contribution in [-0.2, 0) is 19.3 Å². The van der Waals surface area contributed by atoms with Gasteiger partial charge in [0.2, 0.25) is 0 Å². The zero-order valence-corrected chi connectivity index (χ0v) is 17.5. The van der Waals surface area contributed by atoms with E-state index in [0.717, 1.165) is 18.1 Å². The van der Waals surface area contributed by atoms with Gasteiger partial charge in [-0.15, -0.1) is 0 Å². The summed E-state index contributed by atoms with van der Waals surface area (Å²) in [7, 11) is 0. The lowest BCUT2D eigenvalue weighted by Crippen LogP contribution is -2.36. The second-order valence-electron chi connectivity index (χ2n) is 6.64. The third-order valence-electron chi connectivity index (χ3n) is 4.48. The molecule has 9 heteroatoms. The molecule has 158 valence electrons. The van der Waals surface area contributed by atoms with E-state index < -0.39 is 11.7 Å². The van der Waals surface area contributed by atoms with Crippen LogP contribution >= 0.6 is 23.8 Å². The van der Waals surface area contributed by atoms with Gasteiger partial charge in [-0.05, 0) is 42.4 Å². The molecule has 2 aromatic carbocycles. The number of alkyl halides is 3. The molecular weight excluding hydrogens is 433 g/mol. The lowest BCUT2D eigenvalue weighted by atomic mass is 10.1. The average molecular weight is 453 g/mol. The maximum atomic E-state index is 13.3. The number of imidazole rings is 1. The van der Waals surface area contributed by atoms with Crippen molar-refractivity contribution in [2.24, 2.45) is 0 Å². The Balaban J connectivity index is 1.76. The number of anilines is 1. The van der Waals surface area contributed by atoms with Crippen molar-refractivity contribution < 1.29 is 13.2 Å². The van der Waals surface area contributed by atoms with Crippen LogP contribution in [0.15, 0.2) is 67.3 Å². The summed E-state index contributed by atoms with van der Waals surface area (Å²) >= 11 is 11.8. The van der Waals surface area contributed by atoms with Gasteiger partial charge >= 0.3 is 6.18 Å². The molecule has 0 amide bonds. The van der Waals surface area contributed by atoms with E-state index in [1.54, 1.807) is 18.6 Å². The van der Waals surface area contributed by atoms with Crippen LogP contribution in [0.5, 0.6) is 0 Å². The van der Waals surface area contributed by atoms with E-state index >= 15 is 0 Å². The summed E-state index contributed by atoms with van der Waals surface area (Å²) in [6, 6.07) is 12.6. The number of para-hydroxylation sites is 1. The molecule has 0 bridgehead atoms. The van der Waals surface area contributed by atoms with Crippen LogP contribution in [0.1, 0.15) is 17.5 Å². The van der Waals surface area contributed by atoms with Crippen molar-refractivity contribution in [3.05, 3.63) is 83.4 Å². The summed E-state index contributed by atoms with van der Waals surface area (Å²) in [6.07, 6.45) is 1.52. The van der Waals surface area contributed by atoms with Crippen molar-refractivity contribution in [2.45, 2.75) is 25.7 Å². The Morgan fingerprint density at radius 3 is 2.57 bits per heavy atom. The molecule has 3 aromatic rings. The molecule has 3 rings (SSSR count). The predicted octanol–water partition coefficient (Wildman–Crippen LogP) is 5.84. The third-order valence-corrected chi connectivity index (χ3v) is 5.21. The lowest BCUT2D eigenvalue weighted by Gasteiger charge is -2.27. The van der Waals surface area contributed by atoms with Crippen molar-refractivity contribution in [1.82, 2.24) is 14.5 Å². The van der Waals surface area contributed by atoms with Gasteiger partial charge in [-0.25, -0.2) is 4.98 Å². The largest absolute Gasteiger partial charge is 0.418 e. The van der Waals surface area contributed by atoms with Crippen LogP contribution in [0.4, 0.5) is 18.9 Å². The Labute approximate surface area is 183 Å². The number of nitrogens with zero attached hydrogens (tertiary/aromatic N) is 3. The van der Waals surface area contributed by atoms with Crippen molar-refractivity contribution in [3.63, 3.8) is 0 Å². The molecule has 0 atom stereocenters. The number of nitrogens with one attached hydrogen (secondary N) is 1. The van der Waals surface area contributed by atoms with Crippen LogP contribution in [0.3, 0.4) is 0 Å². The Kier molecular flexibility index (Phi) is 7.33. The normalized spacial score (nSPS) is 11.3. The van der Waals surface area contributed by atoms with Crippen LogP contribution in [0.2, 0.25) is 5.02 Å². The standard InChI is InChI=1S/C21H20ClF3N4S/c22-18-8-3-1-6-16(18)14-29(12-5-11-28-13-10-26-15-28)20(30)27-19-9-4-2-7-17(19)21(23,24)25/h1-4,6-10,13,15H,5,11-12,14H2,(H,27,30). The Morgan fingerprint density at radius 2 is 1.87 bits per heavy atom. The highest BCUT2D eigenvalue weighted by Crippen LogP contribution is 2.34. The molecule has 4 nitrogen and oxygen atoms in total. The molecule has 0 aliphatic carbocycles. The number of thiocarbonyl (C=S) groups is 1. The van der Waals surface area contributed by atoms with Crippen molar-refractivity contribution >= 4 is 34.6 Å². The van der Waals surface area contributed by atoms with E-state index in [0.29, 0.717) is 24.7 Å². The summed E-state index contributed by atoms with van der Waals surface area (Å²) in [4.78, 5) is 5.83. The number of halogens is 4. The zero-order valence-electron chi connectivity index (χ0n) is 15.9. The van der Waals surface area contributed by atoms with Gasteiger partial charge in [0, 0.05) is 37.1 Å². The Morgan fingerprint density at radius 1 is 1.13 bits per heavy atom. The second-order valence-corrected chi connectivity index (χ2v) is 7.43. The minimum Gasteiger partial charge on any atom is -0.345 e. The lowest BCUT2D eigenvalue weighted by molar-refractivity contribution is -0.136. The minimum absolute atomic E-state index is 0.0752. The Bertz CT molecular complexity index is 976. The smallest absolute Gasteiger partial charge is 0.345 e. The van der Waals surface area contributed by atoms with E-state index in [9.17, 15) is 13.2 Å². The van der Waals surface area contributed by atoms with Gasteiger partial charge in [0.15, 0.2) is 5.11 Å². The monoisotopic (exact) mass is 452 g/mol. The molecule has 1 aromatic heterocycles. The molecule has 0 unspecified atom stereocenters. The van der Waals surface area contributed by atoms with Crippen molar-refractivity contribution in [2.75, 3.05) is 11.9 Å². The van der Waals surface area contributed by atoms with E-state index in [1.165, 1.54) is 18.2 Å². The fourth-order valence-corrected chi connectivity index (χ4v) is 3.44. The summed E-state index contributed by atoms with van der Waals surface area (Å²) in [6.45, 7) is 1.62. The number of aromatic nitrogens is 2. The molecule has 0 aliphatic heterocycles. The van der Waals surface area contributed by atoms with Gasteiger partial charge in [0.05, 0.1) is 17.6 Å². The number of rotatable bonds is 7. The fraction of sp³-hybridized carbons (Fsp3) is 0.238. The molecule has 1 N–H and O–H groups in total. The predicted molar refractivity (Wildman–Crippen MR) is 116 cm³/mol. The molecule has 0 radical (unpaired) electrons. The summed E-state index contributed by atoms with van der Waals surface area (Å²) in [5, 5.41) is 3.56. The highest BCUT2D eigenvalue weighted by molar-refractivity contribution is 7.80. The summed E-state index contributed by atoms with van der Waals surface area (Å²) in [5.41, 5.74) is 0.00674. The van der Waals surface area contributed by atoms with Crippen molar-refractivity contribution in [1.29, 1.82) is 0 Å². The molecule has 0 saturated carbocycles. The van der Waals surface area contributed by atoms with Gasteiger partial charge in [0.25, 0.3) is 0 Å². The van der Waals surface area contributed by atoms with Crippen LogP contribution < -0.4 is 5.32 Å². The van der Waals surface area contributed by atoms with Gasteiger partial charge in [-0.1, -0.05) is 41.9 Å². The van der Waals surface area contributed by atoms with Crippen LogP contribution in [0, 0.1) is 0 Å². The number of hydrogen-bond acceptors (Lipinski definition) is 2. The van der Waals surface area contributed by atoms with E-state index in [-0.39, 0.29) is 10.8 Å². The molecule has 0 fully saturated rings. The quantitative estimate of drug-likeness (QED) is 0.456. The van der Waals surface area contributed by atoms with E-state index in [4.69, 9.17) is 23.8 Å². The topological polar surface area (TPSA) is 33.1 Å². The average Bonchev–Trinajstić information content (AvgIpc) is 3.22. The van der Waals surface area contributed by atoms with Gasteiger partial charge in [-0.2, -0.15) is 13.2 Å². The molecule has 1 heterocycles. The molecular formula is C21H20ClF3N4S. The first-order chi connectivity index (χ1) is 14.3. The Hall–Kier alpha value is -2.58. The minimum atomic E-state index is -4.48. The fourth-order valence-electron chi connectivity index (χ4n) is 2.98. The van der Waals surface area contributed by atoms with Crippen molar-refractivity contribution in [3.8, 4) is 0 Å². The van der Waals surface area contributed by atoms with Crippen LogP contribution in [0.25, 0.3) is 0 Å². The first-order valence-electron chi connectivity index (χ1n) is 9.26. The summed E-state index contributed by atoms with van der Waals surface area (Å²) < 4.78 is 41.9. The number of hydrogen-bond donors (Lipinski definition) is 1. The SMILES string of the molecule is FC(F)(F)c1ccccc1NC(=S)N(CCCn1ccnc1)Cc1ccccc1Cl. The number of benzene rings is 2. The second kappa shape index (κ2) is 9.95. The zero-order chi connectivity index (χ0) is 21.6. The number of aryl methyl sites for hydroxylation is 1. The molecule has 30 heavy (non-hydrogen) atoms. The van der Waals surface area contributed by atoms with E-state index in [2.05, 4.69) is 10.3 Å². The van der Waals surface area contributed by atoms with E-state index in [1.807, 2.05) is 33.9 Å². The highest BCUT2D eigenvalue weighted by atomic mass is 35.5. The van der Waals surface area contributed by atoms with Gasteiger partial charge in [-0.3, -0.25) is 0 Å².